The first-order valence-electron chi connectivity index (χ1n) is 11.4. The van der Waals surface area contributed by atoms with Gasteiger partial charge in [-0.2, -0.15) is 5.10 Å². The molecule has 0 radical (unpaired) electrons. The van der Waals surface area contributed by atoms with Gasteiger partial charge in [-0.25, -0.2) is 0 Å². The van der Waals surface area contributed by atoms with Crippen molar-refractivity contribution in [2.45, 2.75) is 25.7 Å². The van der Waals surface area contributed by atoms with E-state index in [1.165, 1.54) is 12.1 Å². The highest BCUT2D eigenvalue weighted by Crippen LogP contribution is 2.30. The van der Waals surface area contributed by atoms with E-state index in [2.05, 4.69) is 41.1 Å². The van der Waals surface area contributed by atoms with Gasteiger partial charge < -0.3 is 20.7 Å². The lowest BCUT2D eigenvalue weighted by atomic mass is 10.2. The maximum atomic E-state index is 12.3. The van der Waals surface area contributed by atoms with Gasteiger partial charge in [0, 0.05) is 43.7 Å². The van der Waals surface area contributed by atoms with Gasteiger partial charge >= 0.3 is 6.36 Å². The van der Waals surface area contributed by atoms with E-state index in [1.54, 1.807) is 23.4 Å². The zero-order valence-electron chi connectivity index (χ0n) is 19.5. The summed E-state index contributed by atoms with van der Waals surface area (Å²) in [6, 6.07) is 7.97. The summed E-state index contributed by atoms with van der Waals surface area (Å²) in [5.74, 6) is -0.560. The first kappa shape index (κ1) is 26.2. The monoisotopic (exact) mass is 536 g/mol. The predicted octanol–water partition coefficient (Wildman–Crippen LogP) is 3.79. The van der Waals surface area contributed by atoms with Crippen LogP contribution in [0.1, 0.15) is 18.4 Å². The van der Waals surface area contributed by atoms with Crippen LogP contribution in [0.4, 0.5) is 18.9 Å². The summed E-state index contributed by atoms with van der Waals surface area (Å²) in [4.78, 5) is 12.1. The molecule has 37 heavy (non-hydrogen) atoms. The Hall–Kier alpha value is -3.84. The highest BCUT2D eigenvalue weighted by Gasteiger charge is 2.32. The summed E-state index contributed by atoms with van der Waals surface area (Å²) in [6.07, 6.45) is 1.14. The van der Waals surface area contributed by atoms with Gasteiger partial charge in [0.15, 0.2) is 0 Å². The topological polar surface area (TPSA) is 122 Å². The number of H-pyrrole nitrogens is 1. The molecule has 14 heteroatoms. The van der Waals surface area contributed by atoms with E-state index >= 15 is 0 Å². The molecule has 2 heterocycles. The lowest BCUT2D eigenvalue weighted by Gasteiger charge is -2.12. The summed E-state index contributed by atoms with van der Waals surface area (Å²) < 4.78 is 42.6. The molecule has 1 amide bonds. The normalized spacial score (nSPS) is 11.6. The molecule has 0 spiro atoms. The van der Waals surface area contributed by atoms with Crippen LogP contribution in [0, 0.1) is 0 Å². The Morgan fingerprint density at radius 2 is 1.92 bits per heavy atom. The molecule has 0 fully saturated rings. The number of alkyl halides is 3. The number of carbonyl (C=O) groups is 1. The molecule has 0 saturated heterocycles. The molecular formula is C23H24ClF3N8O2. The molecule has 0 aliphatic carbocycles. The third-order valence-corrected chi connectivity index (χ3v) is 5.63. The number of halogens is 4. The van der Waals surface area contributed by atoms with Crippen molar-refractivity contribution >= 4 is 34.1 Å². The van der Waals surface area contributed by atoms with E-state index in [0.29, 0.717) is 38.2 Å². The van der Waals surface area contributed by atoms with E-state index in [9.17, 15) is 18.0 Å². The molecule has 0 aliphatic rings. The number of benzene rings is 2. The molecule has 4 rings (SSSR count). The van der Waals surface area contributed by atoms with Crippen molar-refractivity contribution in [3.8, 4) is 11.4 Å². The number of fused-ring (bicyclic) bond motifs is 1. The van der Waals surface area contributed by atoms with Gasteiger partial charge in [-0.05, 0) is 36.2 Å². The molecule has 10 nitrogen and oxygen atoms in total. The van der Waals surface area contributed by atoms with E-state index in [0.717, 1.165) is 28.3 Å². The number of hydrogen-bond donors (Lipinski definition) is 4. The van der Waals surface area contributed by atoms with Gasteiger partial charge in [0.25, 0.3) is 0 Å². The number of aromatic amines is 1. The zero-order chi connectivity index (χ0) is 26.3. The van der Waals surface area contributed by atoms with Gasteiger partial charge in [-0.3, -0.25) is 14.5 Å². The SMILES string of the molecule is O=C(CCNCc1ccc(OC(F)(F)F)c(Cl)c1)NCCCNc1cc(-n2cnnc2)cc2[nH]ncc12. The smallest absolute Gasteiger partial charge is 0.404 e. The Morgan fingerprint density at radius 1 is 1.11 bits per heavy atom. The Morgan fingerprint density at radius 3 is 2.68 bits per heavy atom. The third-order valence-electron chi connectivity index (χ3n) is 5.33. The van der Waals surface area contributed by atoms with Crippen LogP contribution in [0.2, 0.25) is 5.02 Å². The van der Waals surface area contributed by atoms with Crippen LogP contribution in [0.5, 0.6) is 5.75 Å². The quantitative estimate of drug-likeness (QED) is 0.203. The number of aromatic nitrogens is 5. The van der Waals surface area contributed by atoms with E-state index in [-0.39, 0.29) is 17.4 Å². The van der Waals surface area contributed by atoms with Crippen LogP contribution in [-0.4, -0.2) is 56.9 Å². The van der Waals surface area contributed by atoms with Crippen molar-refractivity contribution in [2.24, 2.45) is 0 Å². The standard InChI is InChI=1S/C23H24ClF3N8O2/c24-18-8-15(2-3-21(18)37-23(25,26)27)11-28-7-4-22(36)30-6-1-5-29-19-9-16(35-13-32-33-14-35)10-20-17(19)12-31-34-20/h2-3,8-10,12-14,28-29H,1,4-7,11H2,(H,30,36)(H,31,34). The largest absolute Gasteiger partial charge is 0.573 e. The van der Waals surface area contributed by atoms with Crippen LogP contribution in [0.3, 0.4) is 0 Å². The maximum Gasteiger partial charge on any atom is 0.573 e. The van der Waals surface area contributed by atoms with Crippen molar-refractivity contribution in [2.75, 3.05) is 25.0 Å². The Labute approximate surface area is 214 Å². The second-order valence-electron chi connectivity index (χ2n) is 8.06. The minimum Gasteiger partial charge on any atom is -0.404 e. The highest BCUT2D eigenvalue weighted by molar-refractivity contribution is 6.32. The molecule has 2 aromatic carbocycles. The number of carbonyl (C=O) groups excluding carboxylic acids is 1. The van der Waals surface area contributed by atoms with Crippen molar-refractivity contribution in [1.29, 1.82) is 0 Å². The van der Waals surface area contributed by atoms with Crippen LogP contribution in [0.25, 0.3) is 16.6 Å². The maximum absolute atomic E-state index is 12.3. The molecule has 0 bridgehead atoms. The highest BCUT2D eigenvalue weighted by atomic mass is 35.5. The summed E-state index contributed by atoms with van der Waals surface area (Å²) in [6.45, 7) is 1.89. The molecule has 0 unspecified atom stereocenters. The number of nitrogens with zero attached hydrogens (tertiary/aromatic N) is 4. The summed E-state index contributed by atoms with van der Waals surface area (Å²) in [5, 5.41) is 24.9. The number of anilines is 1. The first-order valence-corrected chi connectivity index (χ1v) is 11.7. The van der Waals surface area contributed by atoms with E-state index < -0.39 is 12.1 Å². The lowest BCUT2D eigenvalue weighted by molar-refractivity contribution is -0.274. The second kappa shape index (κ2) is 11.9. The fraction of sp³-hybridized carbons (Fsp3) is 0.304. The molecule has 4 N–H and O–H groups in total. The number of hydrogen-bond acceptors (Lipinski definition) is 7. The summed E-state index contributed by atoms with van der Waals surface area (Å²) in [5.41, 5.74) is 3.34. The fourth-order valence-electron chi connectivity index (χ4n) is 3.59. The first-order chi connectivity index (χ1) is 17.8. The van der Waals surface area contributed by atoms with Gasteiger partial charge in [0.05, 0.1) is 22.4 Å². The Kier molecular flexibility index (Phi) is 8.46. The molecule has 4 aromatic rings. The predicted molar refractivity (Wildman–Crippen MR) is 132 cm³/mol. The Balaban J connectivity index is 1.14. The molecule has 0 aliphatic heterocycles. The van der Waals surface area contributed by atoms with Crippen molar-refractivity contribution < 1.29 is 22.7 Å². The van der Waals surface area contributed by atoms with Crippen LogP contribution < -0.4 is 20.7 Å². The zero-order valence-corrected chi connectivity index (χ0v) is 20.2. The minimum absolute atomic E-state index is 0.105. The average molecular weight is 537 g/mol. The van der Waals surface area contributed by atoms with Gasteiger partial charge in [-0.15, -0.1) is 23.4 Å². The van der Waals surface area contributed by atoms with Gasteiger partial charge in [-0.1, -0.05) is 17.7 Å². The second-order valence-corrected chi connectivity index (χ2v) is 8.47. The third kappa shape index (κ3) is 7.57. The minimum atomic E-state index is -4.80. The molecule has 0 atom stereocenters. The van der Waals surface area contributed by atoms with Gasteiger partial charge in [0.2, 0.25) is 5.91 Å². The van der Waals surface area contributed by atoms with Crippen molar-refractivity contribution in [1.82, 2.24) is 35.6 Å². The van der Waals surface area contributed by atoms with Crippen molar-refractivity contribution in [3.63, 3.8) is 0 Å². The van der Waals surface area contributed by atoms with Crippen LogP contribution >= 0.6 is 11.6 Å². The molecular weight excluding hydrogens is 513 g/mol. The molecule has 0 saturated carbocycles. The molecule has 196 valence electrons. The van der Waals surface area contributed by atoms with E-state index in [4.69, 9.17) is 11.6 Å². The summed E-state index contributed by atoms with van der Waals surface area (Å²) >= 11 is 5.84. The number of amides is 1. The fourth-order valence-corrected chi connectivity index (χ4v) is 3.83. The number of nitrogens with one attached hydrogen (secondary N) is 4. The lowest BCUT2D eigenvalue weighted by Crippen LogP contribution is -2.29. The van der Waals surface area contributed by atoms with Crippen LogP contribution in [0.15, 0.2) is 49.2 Å². The Bertz CT molecular complexity index is 1330. The van der Waals surface area contributed by atoms with Crippen molar-refractivity contribution in [3.05, 3.63) is 59.8 Å². The summed E-state index contributed by atoms with van der Waals surface area (Å²) in [7, 11) is 0. The van der Waals surface area contributed by atoms with E-state index in [1.807, 2.05) is 12.1 Å². The molecule has 2 aromatic heterocycles. The van der Waals surface area contributed by atoms with Crippen LogP contribution in [-0.2, 0) is 11.3 Å². The van der Waals surface area contributed by atoms with Gasteiger partial charge in [0.1, 0.15) is 18.4 Å². The number of rotatable bonds is 12. The number of ether oxygens (including phenoxy) is 1. The average Bonchev–Trinajstić information content (AvgIpc) is 3.54.